The molecular formula is C20H31N3O5S. The second kappa shape index (κ2) is 10.1. The summed E-state index contributed by atoms with van der Waals surface area (Å²) in [7, 11) is -3.50. The van der Waals surface area contributed by atoms with E-state index in [1.165, 1.54) is 4.31 Å². The lowest BCUT2D eigenvalue weighted by Crippen LogP contribution is -2.57. The lowest BCUT2D eigenvalue weighted by molar-refractivity contribution is -0.134. The second-order valence-electron chi connectivity index (χ2n) is 7.37. The predicted octanol–water partition coefficient (Wildman–Crippen LogP) is 1.81. The molecule has 0 aromatic heterocycles. The maximum absolute atomic E-state index is 12.6. The number of hydrazine groups is 1. The molecule has 162 valence electrons. The van der Waals surface area contributed by atoms with Crippen molar-refractivity contribution in [2.24, 2.45) is 0 Å². The number of aryl methyl sites for hydroxylation is 1. The number of rotatable bonds is 7. The molecular weight excluding hydrogens is 394 g/mol. The zero-order chi connectivity index (χ0) is 21.6. The zero-order valence-electron chi connectivity index (χ0n) is 17.5. The first-order chi connectivity index (χ1) is 13.7. The molecule has 0 bridgehead atoms. The van der Waals surface area contributed by atoms with Gasteiger partial charge in [0.2, 0.25) is 10.0 Å². The number of piperidine rings is 1. The molecule has 1 heterocycles. The molecule has 0 aliphatic carbocycles. The normalized spacial score (nSPS) is 18.7. The molecule has 0 radical (unpaired) electrons. The van der Waals surface area contributed by atoms with Crippen LogP contribution in [0.1, 0.15) is 50.7 Å². The minimum Gasteiger partial charge on any atom is -0.481 e. The number of nitrogens with zero attached hydrogens (tertiary/aromatic N) is 1. The summed E-state index contributed by atoms with van der Waals surface area (Å²) in [6, 6.07) is 4.77. The average molecular weight is 426 g/mol. The van der Waals surface area contributed by atoms with E-state index in [1.54, 1.807) is 19.9 Å². The molecule has 9 heteroatoms. The van der Waals surface area contributed by atoms with Crippen LogP contribution in [0, 0.1) is 13.8 Å². The van der Waals surface area contributed by atoms with E-state index >= 15 is 0 Å². The van der Waals surface area contributed by atoms with Crippen LogP contribution in [0.5, 0.6) is 5.75 Å². The van der Waals surface area contributed by atoms with Gasteiger partial charge in [0.25, 0.3) is 11.8 Å². The Bertz CT molecular complexity index is 841. The van der Waals surface area contributed by atoms with Gasteiger partial charge in [-0.1, -0.05) is 25.5 Å². The van der Waals surface area contributed by atoms with Crippen molar-refractivity contribution in [3.63, 3.8) is 0 Å². The maximum atomic E-state index is 12.6. The highest BCUT2D eigenvalue weighted by Gasteiger charge is 2.36. The first-order valence-corrected chi connectivity index (χ1v) is 11.6. The summed E-state index contributed by atoms with van der Waals surface area (Å²) in [5.74, 6) is -0.443. The van der Waals surface area contributed by atoms with Crippen molar-refractivity contribution in [1.29, 1.82) is 0 Å². The Morgan fingerprint density at radius 1 is 1.24 bits per heavy atom. The van der Waals surface area contributed by atoms with Gasteiger partial charge in [0.05, 0.1) is 5.75 Å². The van der Waals surface area contributed by atoms with Crippen LogP contribution < -0.4 is 15.6 Å². The Morgan fingerprint density at radius 3 is 2.66 bits per heavy atom. The minimum absolute atomic E-state index is 0.00383. The molecule has 1 aromatic rings. The van der Waals surface area contributed by atoms with E-state index in [1.807, 2.05) is 26.0 Å². The van der Waals surface area contributed by atoms with E-state index in [2.05, 4.69) is 10.9 Å². The lowest BCUT2D eigenvalue weighted by atomic mass is 10.0. The summed E-state index contributed by atoms with van der Waals surface area (Å²) >= 11 is 0. The van der Waals surface area contributed by atoms with E-state index in [9.17, 15) is 18.0 Å². The number of nitrogens with one attached hydrogen (secondary N) is 2. The van der Waals surface area contributed by atoms with Gasteiger partial charge in [0.15, 0.2) is 6.10 Å². The molecule has 2 rings (SSSR count). The van der Waals surface area contributed by atoms with Crippen LogP contribution in [-0.2, 0) is 19.6 Å². The molecule has 2 unspecified atom stereocenters. The number of benzene rings is 1. The van der Waals surface area contributed by atoms with Crippen LogP contribution in [0.15, 0.2) is 18.2 Å². The molecule has 29 heavy (non-hydrogen) atoms. The minimum atomic E-state index is -3.50. The van der Waals surface area contributed by atoms with Crippen LogP contribution in [-0.4, -0.2) is 49.0 Å². The van der Waals surface area contributed by atoms with Crippen molar-refractivity contribution < 1.29 is 22.7 Å². The summed E-state index contributed by atoms with van der Waals surface area (Å²) in [6.45, 7) is 7.55. The smallest absolute Gasteiger partial charge is 0.279 e. The summed E-state index contributed by atoms with van der Waals surface area (Å²) in [5.41, 5.74) is 6.71. The molecule has 0 spiro atoms. The standard InChI is InChI=1S/C20H31N3O5S/c1-5-13-29(26,27)23-12-7-6-10-17(23)20(25)22-21-19(24)16(4)28-18-11-8-9-14(2)15(18)3/h8-9,11,16-17H,5-7,10,12-13H2,1-4H3,(H,21,24)(H,22,25). The highest BCUT2D eigenvalue weighted by atomic mass is 32.2. The van der Waals surface area contributed by atoms with E-state index < -0.39 is 34.0 Å². The molecule has 1 fully saturated rings. The number of amides is 2. The van der Waals surface area contributed by atoms with Crippen LogP contribution in [0.25, 0.3) is 0 Å². The Morgan fingerprint density at radius 2 is 1.97 bits per heavy atom. The fourth-order valence-electron chi connectivity index (χ4n) is 3.28. The number of hydrogen-bond donors (Lipinski definition) is 2. The van der Waals surface area contributed by atoms with Gasteiger partial charge >= 0.3 is 0 Å². The zero-order valence-corrected chi connectivity index (χ0v) is 18.3. The number of hydrogen-bond acceptors (Lipinski definition) is 5. The fourth-order valence-corrected chi connectivity index (χ4v) is 5.03. The van der Waals surface area contributed by atoms with Crippen LogP contribution in [0.4, 0.5) is 0 Å². The summed E-state index contributed by atoms with van der Waals surface area (Å²) in [4.78, 5) is 24.9. The van der Waals surface area contributed by atoms with Gasteiger partial charge in [-0.3, -0.25) is 20.4 Å². The Hall–Kier alpha value is -2.13. The van der Waals surface area contributed by atoms with Crippen molar-refractivity contribution in [3.05, 3.63) is 29.3 Å². The highest BCUT2D eigenvalue weighted by molar-refractivity contribution is 7.89. The molecule has 0 saturated carbocycles. The van der Waals surface area contributed by atoms with Crippen molar-refractivity contribution in [2.75, 3.05) is 12.3 Å². The third kappa shape index (κ3) is 5.93. The van der Waals surface area contributed by atoms with Crippen molar-refractivity contribution >= 4 is 21.8 Å². The number of sulfonamides is 1. The third-order valence-corrected chi connectivity index (χ3v) is 7.19. The molecule has 2 atom stereocenters. The Kier molecular flexibility index (Phi) is 8.04. The summed E-state index contributed by atoms with van der Waals surface area (Å²) in [5, 5.41) is 0. The van der Waals surface area contributed by atoms with Gasteiger partial charge in [-0.25, -0.2) is 8.42 Å². The molecule has 2 amide bonds. The largest absolute Gasteiger partial charge is 0.481 e. The van der Waals surface area contributed by atoms with Crippen molar-refractivity contribution in [1.82, 2.24) is 15.2 Å². The van der Waals surface area contributed by atoms with Crippen molar-refractivity contribution in [3.8, 4) is 5.75 Å². The second-order valence-corrected chi connectivity index (χ2v) is 9.42. The predicted molar refractivity (Wildman–Crippen MR) is 111 cm³/mol. The average Bonchev–Trinajstić information content (AvgIpc) is 2.69. The summed E-state index contributed by atoms with van der Waals surface area (Å²) < 4.78 is 31.9. The number of carbonyl (C=O) groups excluding carboxylic acids is 2. The van der Waals surface area contributed by atoms with Gasteiger partial charge in [0.1, 0.15) is 11.8 Å². The Balaban J connectivity index is 1.96. The SMILES string of the molecule is CCCS(=O)(=O)N1CCCCC1C(=O)NNC(=O)C(C)Oc1cccc(C)c1C. The van der Waals surface area contributed by atoms with E-state index in [0.29, 0.717) is 25.1 Å². The molecule has 1 saturated heterocycles. The molecule has 1 aliphatic rings. The van der Waals surface area contributed by atoms with Gasteiger partial charge in [-0.15, -0.1) is 0 Å². The molecule has 2 N–H and O–H groups in total. The maximum Gasteiger partial charge on any atom is 0.279 e. The summed E-state index contributed by atoms with van der Waals surface area (Å²) in [6.07, 6.45) is 1.56. The topological polar surface area (TPSA) is 105 Å². The van der Waals surface area contributed by atoms with Gasteiger partial charge in [0, 0.05) is 6.54 Å². The molecule has 1 aromatic carbocycles. The van der Waals surface area contributed by atoms with Crippen LogP contribution in [0.2, 0.25) is 0 Å². The van der Waals surface area contributed by atoms with Gasteiger partial charge < -0.3 is 4.74 Å². The monoisotopic (exact) mass is 425 g/mol. The van der Waals surface area contributed by atoms with Crippen LogP contribution in [0.3, 0.4) is 0 Å². The van der Waals surface area contributed by atoms with E-state index in [0.717, 1.165) is 24.0 Å². The third-order valence-electron chi connectivity index (χ3n) is 5.11. The van der Waals surface area contributed by atoms with E-state index in [4.69, 9.17) is 4.74 Å². The quantitative estimate of drug-likeness (QED) is 0.649. The van der Waals surface area contributed by atoms with E-state index in [-0.39, 0.29) is 5.75 Å². The first kappa shape index (κ1) is 23.2. The number of ether oxygens (including phenoxy) is 1. The van der Waals surface area contributed by atoms with Crippen molar-refractivity contribution in [2.45, 2.75) is 65.5 Å². The lowest BCUT2D eigenvalue weighted by Gasteiger charge is -2.33. The first-order valence-electron chi connectivity index (χ1n) is 9.99. The van der Waals surface area contributed by atoms with Gasteiger partial charge in [-0.05, 0) is 57.2 Å². The van der Waals surface area contributed by atoms with Crippen LogP contribution >= 0.6 is 0 Å². The Labute approximate surface area is 173 Å². The fraction of sp³-hybridized carbons (Fsp3) is 0.600. The van der Waals surface area contributed by atoms with Gasteiger partial charge in [-0.2, -0.15) is 4.31 Å². The highest BCUT2D eigenvalue weighted by Crippen LogP contribution is 2.22. The molecule has 8 nitrogen and oxygen atoms in total. The number of carbonyl (C=O) groups is 2. The molecule has 1 aliphatic heterocycles.